The topological polar surface area (TPSA) is 18.5 Å². The molecular formula is C21H33N3S. The molecule has 0 amide bonds. The van der Waals surface area contributed by atoms with Gasteiger partial charge in [-0.1, -0.05) is 30.4 Å². The molecule has 0 radical (unpaired) electrons. The van der Waals surface area contributed by atoms with E-state index < -0.39 is 0 Å². The molecule has 3 nitrogen and oxygen atoms in total. The van der Waals surface area contributed by atoms with Crippen molar-refractivity contribution in [1.82, 2.24) is 10.2 Å². The lowest BCUT2D eigenvalue weighted by Crippen LogP contribution is -2.35. The van der Waals surface area contributed by atoms with Gasteiger partial charge in [0, 0.05) is 44.7 Å². The SMILES string of the molecule is C/C=C(\C=C/NCCN(C)C(C)CS)/C=C/c1ccc(N(C)C)cc1. The van der Waals surface area contributed by atoms with Gasteiger partial charge in [-0.2, -0.15) is 12.6 Å². The van der Waals surface area contributed by atoms with Crippen LogP contribution in [0.15, 0.2) is 54.3 Å². The Hall–Kier alpha value is -1.65. The molecule has 1 aromatic rings. The van der Waals surface area contributed by atoms with Crippen molar-refractivity contribution in [2.24, 2.45) is 0 Å². The third-order valence-corrected chi connectivity index (χ3v) is 4.76. The second-order valence-electron chi connectivity index (χ2n) is 6.41. The van der Waals surface area contributed by atoms with Crippen molar-refractivity contribution in [3.8, 4) is 0 Å². The van der Waals surface area contributed by atoms with E-state index in [-0.39, 0.29) is 0 Å². The molecule has 0 bridgehead atoms. The highest BCUT2D eigenvalue weighted by molar-refractivity contribution is 7.80. The Labute approximate surface area is 159 Å². The van der Waals surface area contributed by atoms with E-state index in [0.717, 1.165) is 18.8 Å². The molecule has 0 heterocycles. The van der Waals surface area contributed by atoms with Crippen LogP contribution in [0.25, 0.3) is 6.08 Å². The number of benzene rings is 1. The molecule has 0 aliphatic carbocycles. The van der Waals surface area contributed by atoms with Crippen LogP contribution in [0.4, 0.5) is 5.69 Å². The Morgan fingerprint density at radius 1 is 1.16 bits per heavy atom. The molecule has 1 unspecified atom stereocenters. The van der Waals surface area contributed by atoms with E-state index in [1.54, 1.807) is 0 Å². The predicted molar refractivity (Wildman–Crippen MR) is 117 cm³/mol. The lowest BCUT2D eigenvalue weighted by Gasteiger charge is -2.22. The van der Waals surface area contributed by atoms with Crippen molar-refractivity contribution in [2.75, 3.05) is 44.9 Å². The summed E-state index contributed by atoms with van der Waals surface area (Å²) in [5.41, 5.74) is 3.60. The molecule has 0 aromatic heterocycles. The van der Waals surface area contributed by atoms with E-state index in [1.165, 1.54) is 16.8 Å². The third kappa shape index (κ3) is 8.32. The summed E-state index contributed by atoms with van der Waals surface area (Å²) in [5, 5.41) is 3.35. The van der Waals surface area contributed by atoms with E-state index >= 15 is 0 Å². The van der Waals surface area contributed by atoms with Crippen molar-refractivity contribution in [3.63, 3.8) is 0 Å². The van der Waals surface area contributed by atoms with Crippen LogP contribution in [0, 0.1) is 0 Å². The molecule has 0 saturated heterocycles. The quantitative estimate of drug-likeness (QED) is 0.373. The molecule has 1 N–H and O–H groups in total. The van der Waals surface area contributed by atoms with Crippen molar-refractivity contribution < 1.29 is 0 Å². The zero-order valence-corrected chi connectivity index (χ0v) is 17.1. The first-order valence-electron chi connectivity index (χ1n) is 8.80. The summed E-state index contributed by atoms with van der Waals surface area (Å²) in [6.07, 6.45) is 10.5. The second kappa shape index (κ2) is 11.8. The molecule has 138 valence electrons. The van der Waals surface area contributed by atoms with Gasteiger partial charge in [-0.15, -0.1) is 0 Å². The van der Waals surface area contributed by atoms with Gasteiger partial charge in [0.15, 0.2) is 0 Å². The number of hydrogen-bond donors (Lipinski definition) is 2. The normalized spacial score (nSPS) is 13.8. The van der Waals surface area contributed by atoms with E-state index in [0.29, 0.717) is 6.04 Å². The molecule has 0 spiro atoms. The molecular weight excluding hydrogens is 326 g/mol. The zero-order valence-electron chi connectivity index (χ0n) is 16.2. The maximum absolute atomic E-state index is 4.33. The van der Waals surface area contributed by atoms with Gasteiger partial charge in [0.2, 0.25) is 0 Å². The van der Waals surface area contributed by atoms with Gasteiger partial charge in [-0.05, 0) is 56.4 Å². The first-order chi connectivity index (χ1) is 12.0. The molecule has 0 fully saturated rings. The average Bonchev–Trinajstić information content (AvgIpc) is 2.63. The van der Waals surface area contributed by atoms with Crippen LogP contribution < -0.4 is 10.2 Å². The van der Waals surface area contributed by atoms with Gasteiger partial charge >= 0.3 is 0 Å². The van der Waals surface area contributed by atoms with Crippen molar-refractivity contribution in [2.45, 2.75) is 19.9 Å². The maximum Gasteiger partial charge on any atom is 0.0361 e. The Balaban J connectivity index is 2.46. The molecule has 4 heteroatoms. The lowest BCUT2D eigenvalue weighted by molar-refractivity contribution is 0.281. The maximum atomic E-state index is 4.33. The van der Waals surface area contributed by atoms with Gasteiger partial charge in [-0.3, -0.25) is 0 Å². The van der Waals surface area contributed by atoms with Gasteiger partial charge in [0.05, 0.1) is 0 Å². The lowest BCUT2D eigenvalue weighted by atomic mass is 10.1. The van der Waals surface area contributed by atoms with E-state index in [2.05, 4.69) is 111 Å². The van der Waals surface area contributed by atoms with E-state index in [1.807, 2.05) is 6.20 Å². The van der Waals surface area contributed by atoms with Crippen molar-refractivity contribution in [1.29, 1.82) is 0 Å². The summed E-state index contributed by atoms with van der Waals surface area (Å²) in [5.74, 6) is 0.884. The largest absolute Gasteiger partial charge is 0.390 e. The summed E-state index contributed by atoms with van der Waals surface area (Å²) in [6, 6.07) is 9.05. The minimum atomic E-state index is 0.502. The molecule has 0 saturated carbocycles. The van der Waals surface area contributed by atoms with Crippen LogP contribution in [-0.4, -0.2) is 50.9 Å². The first-order valence-corrected chi connectivity index (χ1v) is 9.44. The van der Waals surface area contributed by atoms with Crippen molar-refractivity contribution in [3.05, 3.63) is 59.8 Å². The van der Waals surface area contributed by atoms with Crippen LogP contribution >= 0.6 is 12.6 Å². The van der Waals surface area contributed by atoms with Gasteiger partial charge < -0.3 is 15.1 Å². The number of likely N-dealkylation sites (N-methyl/N-ethyl adjacent to an activating group) is 1. The highest BCUT2D eigenvalue weighted by Crippen LogP contribution is 2.14. The van der Waals surface area contributed by atoms with Crippen molar-refractivity contribution >= 4 is 24.4 Å². The number of rotatable bonds is 10. The Kier molecular flexibility index (Phi) is 10.1. The highest BCUT2D eigenvalue weighted by Gasteiger charge is 2.04. The molecule has 0 aliphatic rings. The fraction of sp³-hybridized carbons (Fsp3) is 0.429. The third-order valence-electron chi connectivity index (χ3n) is 4.23. The van der Waals surface area contributed by atoms with Crippen LogP contribution in [0.3, 0.4) is 0 Å². The number of hydrogen-bond acceptors (Lipinski definition) is 4. The molecule has 25 heavy (non-hydrogen) atoms. The Morgan fingerprint density at radius 2 is 1.84 bits per heavy atom. The number of thiol groups is 1. The molecule has 1 atom stereocenters. The smallest absolute Gasteiger partial charge is 0.0361 e. The number of nitrogens with zero attached hydrogens (tertiary/aromatic N) is 2. The number of nitrogens with one attached hydrogen (secondary N) is 1. The zero-order chi connectivity index (χ0) is 18.7. The van der Waals surface area contributed by atoms with Crippen LogP contribution in [0.5, 0.6) is 0 Å². The minimum absolute atomic E-state index is 0.502. The number of anilines is 1. The predicted octanol–water partition coefficient (Wildman–Crippen LogP) is 4.07. The van der Waals surface area contributed by atoms with Gasteiger partial charge in [0.1, 0.15) is 0 Å². The second-order valence-corrected chi connectivity index (χ2v) is 6.77. The van der Waals surface area contributed by atoms with Gasteiger partial charge in [0.25, 0.3) is 0 Å². The Bertz CT molecular complexity index is 573. The van der Waals surface area contributed by atoms with E-state index in [9.17, 15) is 0 Å². The van der Waals surface area contributed by atoms with Crippen LogP contribution in [-0.2, 0) is 0 Å². The summed E-state index contributed by atoms with van der Waals surface area (Å²) < 4.78 is 0. The summed E-state index contributed by atoms with van der Waals surface area (Å²) >= 11 is 4.33. The fourth-order valence-corrected chi connectivity index (χ4v) is 2.44. The summed E-state index contributed by atoms with van der Waals surface area (Å²) in [4.78, 5) is 4.41. The molecule has 1 rings (SSSR count). The highest BCUT2D eigenvalue weighted by atomic mass is 32.1. The number of allylic oxidation sites excluding steroid dienone is 4. The molecule has 1 aromatic carbocycles. The standard InChI is InChI=1S/C21H33N3S/c1-6-19(13-14-22-15-16-24(5)18(2)17-25)7-8-20-9-11-21(12-10-20)23(3)4/h6-14,18,22,25H,15-17H2,1-5H3/b8-7+,14-13-,19-6-. The molecule has 0 aliphatic heterocycles. The van der Waals surface area contributed by atoms with Crippen LogP contribution in [0.1, 0.15) is 19.4 Å². The summed E-state index contributed by atoms with van der Waals surface area (Å²) in [6.45, 7) is 6.18. The van der Waals surface area contributed by atoms with Crippen LogP contribution in [0.2, 0.25) is 0 Å². The van der Waals surface area contributed by atoms with E-state index in [4.69, 9.17) is 0 Å². The fourth-order valence-electron chi connectivity index (χ4n) is 2.16. The Morgan fingerprint density at radius 3 is 2.40 bits per heavy atom. The monoisotopic (exact) mass is 359 g/mol. The minimum Gasteiger partial charge on any atom is -0.390 e. The average molecular weight is 360 g/mol. The van der Waals surface area contributed by atoms with Gasteiger partial charge in [-0.25, -0.2) is 0 Å². The summed E-state index contributed by atoms with van der Waals surface area (Å²) in [7, 11) is 6.24. The first kappa shape index (κ1) is 21.4.